The van der Waals surface area contributed by atoms with Crippen molar-refractivity contribution in [3.63, 3.8) is 0 Å². The van der Waals surface area contributed by atoms with E-state index in [-0.39, 0.29) is 5.91 Å². The number of aromatic nitrogens is 1. The van der Waals surface area contributed by atoms with Crippen molar-refractivity contribution >= 4 is 11.7 Å². The molecule has 2 rings (SSSR count). The fourth-order valence-corrected chi connectivity index (χ4v) is 2.64. The number of rotatable bonds is 3. The number of hydrogen-bond donors (Lipinski definition) is 1. The Balaban J connectivity index is 1.97. The molecule has 2 atom stereocenters. The van der Waals surface area contributed by atoms with Gasteiger partial charge in [-0.2, -0.15) is 0 Å². The summed E-state index contributed by atoms with van der Waals surface area (Å²) < 4.78 is 0. The van der Waals surface area contributed by atoms with Crippen molar-refractivity contribution in [2.45, 2.75) is 38.6 Å². The van der Waals surface area contributed by atoms with Crippen LogP contribution >= 0.6 is 0 Å². The minimum atomic E-state index is -0.00895. The molecule has 2 unspecified atom stereocenters. The summed E-state index contributed by atoms with van der Waals surface area (Å²) in [5, 5.41) is 3.47. The van der Waals surface area contributed by atoms with Crippen LogP contribution in [-0.2, 0) is 0 Å². The summed E-state index contributed by atoms with van der Waals surface area (Å²) in [6, 6.07) is 4.26. The monoisotopic (exact) mass is 261 g/mol. The number of carbonyl (C=O) groups excluding carboxylic acids is 1. The smallest absolute Gasteiger partial charge is 0.254 e. The van der Waals surface area contributed by atoms with Gasteiger partial charge in [0.1, 0.15) is 5.82 Å². The lowest BCUT2D eigenvalue weighted by atomic mass is 9.87. The van der Waals surface area contributed by atoms with E-state index in [4.69, 9.17) is 0 Å². The maximum atomic E-state index is 11.8. The zero-order valence-corrected chi connectivity index (χ0v) is 12.0. The van der Waals surface area contributed by atoms with Crippen LogP contribution in [0.3, 0.4) is 0 Å². The summed E-state index contributed by atoms with van der Waals surface area (Å²) in [5.74, 6) is 1.65. The van der Waals surface area contributed by atoms with Crippen LogP contribution in [0.25, 0.3) is 0 Å². The van der Waals surface area contributed by atoms with Crippen LogP contribution in [0.2, 0.25) is 0 Å². The Bertz CT molecular complexity index is 428. The molecule has 0 aromatic carbocycles. The fraction of sp³-hybridized carbons (Fsp3) is 0.600. The molecule has 104 valence electrons. The Morgan fingerprint density at radius 2 is 2.16 bits per heavy atom. The summed E-state index contributed by atoms with van der Waals surface area (Å²) in [7, 11) is 3.50. The molecule has 0 aliphatic heterocycles. The Morgan fingerprint density at radius 3 is 2.74 bits per heavy atom. The summed E-state index contributed by atoms with van der Waals surface area (Å²) >= 11 is 0. The first kappa shape index (κ1) is 13.8. The quantitative estimate of drug-likeness (QED) is 0.910. The highest BCUT2D eigenvalue weighted by atomic mass is 16.2. The van der Waals surface area contributed by atoms with Crippen molar-refractivity contribution in [1.82, 2.24) is 9.88 Å². The van der Waals surface area contributed by atoms with E-state index in [1.807, 2.05) is 12.1 Å². The molecule has 1 aliphatic rings. The van der Waals surface area contributed by atoms with Crippen molar-refractivity contribution in [1.29, 1.82) is 0 Å². The molecule has 19 heavy (non-hydrogen) atoms. The lowest BCUT2D eigenvalue weighted by molar-refractivity contribution is 0.0827. The normalized spacial score (nSPS) is 22.9. The molecule has 1 aromatic heterocycles. The first-order valence-electron chi connectivity index (χ1n) is 7.00. The number of carbonyl (C=O) groups is 1. The molecule has 1 aromatic rings. The van der Waals surface area contributed by atoms with Gasteiger partial charge in [0.05, 0.1) is 5.56 Å². The lowest BCUT2D eigenvalue weighted by Gasteiger charge is -2.27. The van der Waals surface area contributed by atoms with Crippen LogP contribution < -0.4 is 5.32 Å². The maximum absolute atomic E-state index is 11.8. The Hall–Kier alpha value is -1.58. The second-order valence-electron chi connectivity index (χ2n) is 5.74. The Labute approximate surface area is 115 Å². The third-order valence-electron chi connectivity index (χ3n) is 3.71. The van der Waals surface area contributed by atoms with E-state index < -0.39 is 0 Å². The topological polar surface area (TPSA) is 45.2 Å². The van der Waals surface area contributed by atoms with E-state index >= 15 is 0 Å². The van der Waals surface area contributed by atoms with Crippen molar-refractivity contribution in [2.75, 3.05) is 19.4 Å². The van der Waals surface area contributed by atoms with Gasteiger partial charge in [-0.15, -0.1) is 0 Å². The first-order chi connectivity index (χ1) is 9.06. The molecule has 1 aliphatic carbocycles. The molecule has 0 spiro atoms. The van der Waals surface area contributed by atoms with Gasteiger partial charge in [-0.25, -0.2) is 4.98 Å². The van der Waals surface area contributed by atoms with Crippen LogP contribution in [0.15, 0.2) is 18.3 Å². The minimum Gasteiger partial charge on any atom is -0.367 e. The van der Waals surface area contributed by atoms with Crippen molar-refractivity contribution in [2.24, 2.45) is 5.92 Å². The largest absolute Gasteiger partial charge is 0.367 e. The number of nitrogens with zero attached hydrogens (tertiary/aromatic N) is 2. The predicted molar refractivity (Wildman–Crippen MR) is 77.3 cm³/mol. The summed E-state index contributed by atoms with van der Waals surface area (Å²) in [6.45, 7) is 2.31. The summed E-state index contributed by atoms with van der Waals surface area (Å²) in [5.41, 5.74) is 0.632. The highest BCUT2D eigenvalue weighted by Crippen LogP contribution is 2.25. The Morgan fingerprint density at radius 1 is 1.37 bits per heavy atom. The highest BCUT2D eigenvalue weighted by molar-refractivity contribution is 5.93. The van der Waals surface area contributed by atoms with Crippen LogP contribution in [0.4, 0.5) is 5.82 Å². The van der Waals surface area contributed by atoms with Gasteiger partial charge in [0, 0.05) is 26.3 Å². The third kappa shape index (κ3) is 3.69. The molecule has 1 heterocycles. The molecule has 4 nitrogen and oxygen atoms in total. The maximum Gasteiger partial charge on any atom is 0.254 e. The highest BCUT2D eigenvalue weighted by Gasteiger charge is 2.19. The Kier molecular flexibility index (Phi) is 4.40. The van der Waals surface area contributed by atoms with Gasteiger partial charge >= 0.3 is 0 Å². The van der Waals surface area contributed by atoms with E-state index in [9.17, 15) is 4.79 Å². The van der Waals surface area contributed by atoms with Gasteiger partial charge in [-0.05, 0) is 30.9 Å². The van der Waals surface area contributed by atoms with Gasteiger partial charge in [-0.1, -0.05) is 19.8 Å². The van der Waals surface area contributed by atoms with Crippen LogP contribution in [0, 0.1) is 5.92 Å². The first-order valence-corrected chi connectivity index (χ1v) is 7.00. The molecule has 1 saturated carbocycles. The average Bonchev–Trinajstić information content (AvgIpc) is 2.39. The second kappa shape index (κ2) is 6.04. The van der Waals surface area contributed by atoms with Gasteiger partial charge in [0.15, 0.2) is 0 Å². The number of anilines is 1. The molecule has 1 N–H and O–H groups in total. The van der Waals surface area contributed by atoms with E-state index in [1.54, 1.807) is 25.2 Å². The van der Waals surface area contributed by atoms with E-state index in [0.717, 1.165) is 11.7 Å². The van der Waals surface area contributed by atoms with Crippen LogP contribution in [0.1, 0.15) is 43.0 Å². The summed E-state index contributed by atoms with van der Waals surface area (Å²) in [4.78, 5) is 17.7. The number of pyridine rings is 1. The minimum absolute atomic E-state index is 0.00895. The standard InChI is InChI=1S/C15H23N3O/c1-11-5-4-6-13(9-11)17-14-8-7-12(10-16-14)15(19)18(2)3/h7-8,10-11,13H,4-6,9H2,1-3H3,(H,16,17). The predicted octanol–water partition coefficient (Wildman–Crippen LogP) is 2.77. The third-order valence-corrected chi connectivity index (χ3v) is 3.71. The van der Waals surface area contributed by atoms with Gasteiger partial charge in [0.25, 0.3) is 5.91 Å². The van der Waals surface area contributed by atoms with Gasteiger partial charge in [0.2, 0.25) is 0 Å². The molecule has 0 radical (unpaired) electrons. The zero-order chi connectivity index (χ0) is 13.8. The van der Waals surface area contributed by atoms with Gasteiger partial charge in [-0.3, -0.25) is 4.79 Å². The molecule has 4 heteroatoms. The lowest BCUT2D eigenvalue weighted by Crippen LogP contribution is -2.26. The number of amides is 1. The molecule has 0 saturated heterocycles. The number of hydrogen-bond acceptors (Lipinski definition) is 3. The van der Waals surface area contributed by atoms with Crippen molar-refractivity contribution in [3.8, 4) is 0 Å². The van der Waals surface area contributed by atoms with Crippen molar-refractivity contribution in [3.05, 3.63) is 23.9 Å². The van der Waals surface area contributed by atoms with E-state index in [0.29, 0.717) is 11.6 Å². The van der Waals surface area contributed by atoms with E-state index in [2.05, 4.69) is 17.2 Å². The second-order valence-corrected chi connectivity index (χ2v) is 5.74. The molecular formula is C15H23N3O. The van der Waals surface area contributed by atoms with Crippen LogP contribution in [-0.4, -0.2) is 35.9 Å². The van der Waals surface area contributed by atoms with Crippen molar-refractivity contribution < 1.29 is 4.79 Å². The van der Waals surface area contributed by atoms with E-state index in [1.165, 1.54) is 25.7 Å². The summed E-state index contributed by atoms with van der Waals surface area (Å²) in [6.07, 6.45) is 6.69. The van der Waals surface area contributed by atoms with Crippen LogP contribution in [0.5, 0.6) is 0 Å². The zero-order valence-electron chi connectivity index (χ0n) is 12.0. The molecular weight excluding hydrogens is 238 g/mol. The average molecular weight is 261 g/mol. The number of nitrogens with one attached hydrogen (secondary N) is 1. The SMILES string of the molecule is CC1CCCC(Nc2ccc(C(=O)N(C)C)cn2)C1. The molecule has 1 fully saturated rings. The fourth-order valence-electron chi connectivity index (χ4n) is 2.64. The van der Waals surface area contributed by atoms with Gasteiger partial charge < -0.3 is 10.2 Å². The molecule has 1 amide bonds. The molecule has 0 bridgehead atoms.